The highest BCUT2D eigenvalue weighted by Gasteiger charge is 2.19. The average Bonchev–Trinajstić information content (AvgIpc) is 2.88. The van der Waals surface area contributed by atoms with Gasteiger partial charge in [0.1, 0.15) is 5.82 Å². The van der Waals surface area contributed by atoms with Crippen LogP contribution >= 0.6 is 0 Å². The number of nitrogens with zero attached hydrogens (tertiary/aromatic N) is 1. The second kappa shape index (κ2) is 6.56. The number of fused-ring (bicyclic) bond motifs is 1. The maximum absolute atomic E-state index is 11.5. The van der Waals surface area contributed by atoms with Crippen LogP contribution in [-0.2, 0) is 17.6 Å². The van der Waals surface area contributed by atoms with Crippen molar-refractivity contribution in [3.63, 3.8) is 0 Å². The molecule has 21 heavy (non-hydrogen) atoms. The van der Waals surface area contributed by atoms with Gasteiger partial charge in [0, 0.05) is 18.7 Å². The van der Waals surface area contributed by atoms with Crippen LogP contribution in [0.2, 0.25) is 0 Å². The van der Waals surface area contributed by atoms with Gasteiger partial charge in [-0.15, -0.1) is 0 Å². The number of pyridine rings is 1. The number of amides is 1. The summed E-state index contributed by atoms with van der Waals surface area (Å²) in [6.07, 6.45) is 3.65. The van der Waals surface area contributed by atoms with E-state index in [0.717, 1.165) is 30.5 Å². The number of nitrogens with two attached hydrogens (primary N) is 1. The van der Waals surface area contributed by atoms with Crippen LogP contribution in [0.3, 0.4) is 0 Å². The molecule has 0 fully saturated rings. The fourth-order valence-electron chi connectivity index (χ4n) is 2.54. The van der Waals surface area contributed by atoms with E-state index in [1.54, 1.807) is 0 Å². The molecule has 1 unspecified atom stereocenters. The summed E-state index contributed by atoms with van der Waals surface area (Å²) in [7, 11) is 0. The summed E-state index contributed by atoms with van der Waals surface area (Å²) in [4.78, 5) is 26.6. The van der Waals surface area contributed by atoms with Gasteiger partial charge in [-0.25, -0.2) is 4.98 Å². The Bertz CT molecular complexity index is 557. The molecular weight excluding hydrogens is 270 g/mol. The van der Waals surface area contributed by atoms with Crippen molar-refractivity contribution in [3.05, 3.63) is 22.9 Å². The standard InChI is InChI=1S/C15H21N3O3/c1-9(5-6-13(19)20)8-17-15-11(14(16)21)7-10-3-2-4-12(10)18-15/h7,9H,2-6,8H2,1H3,(H2,16,21)(H,17,18)(H,19,20). The Kier molecular flexibility index (Phi) is 4.77. The number of aromatic nitrogens is 1. The first-order chi connectivity index (χ1) is 9.97. The Morgan fingerprint density at radius 2 is 2.24 bits per heavy atom. The zero-order valence-corrected chi connectivity index (χ0v) is 12.2. The van der Waals surface area contributed by atoms with Crippen molar-refractivity contribution >= 4 is 17.7 Å². The number of aliphatic carboxylic acids is 1. The first-order valence-electron chi connectivity index (χ1n) is 7.25. The maximum atomic E-state index is 11.5. The molecule has 0 bridgehead atoms. The third-order valence-electron chi connectivity index (χ3n) is 3.79. The largest absolute Gasteiger partial charge is 0.481 e. The van der Waals surface area contributed by atoms with Crippen LogP contribution in [-0.4, -0.2) is 28.5 Å². The third-order valence-corrected chi connectivity index (χ3v) is 3.79. The van der Waals surface area contributed by atoms with E-state index in [2.05, 4.69) is 10.3 Å². The number of carbonyl (C=O) groups is 2. The van der Waals surface area contributed by atoms with Crippen molar-refractivity contribution in [3.8, 4) is 0 Å². The molecule has 6 nitrogen and oxygen atoms in total. The topological polar surface area (TPSA) is 105 Å². The van der Waals surface area contributed by atoms with Gasteiger partial charge in [-0.2, -0.15) is 0 Å². The van der Waals surface area contributed by atoms with Gasteiger partial charge in [0.15, 0.2) is 0 Å². The van der Waals surface area contributed by atoms with Crippen LogP contribution in [0.25, 0.3) is 0 Å². The van der Waals surface area contributed by atoms with E-state index < -0.39 is 11.9 Å². The molecule has 1 heterocycles. The van der Waals surface area contributed by atoms with Gasteiger partial charge in [-0.1, -0.05) is 6.92 Å². The molecule has 1 aromatic rings. The second-order valence-corrected chi connectivity index (χ2v) is 5.63. The molecule has 6 heteroatoms. The quantitative estimate of drug-likeness (QED) is 0.707. The minimum atomic E-state index is -0.796. The lowest BCUT2D eigenvalue weighted by atomic mass is 10.1. The molecule has 1 atom stereocenters. The first kappa shape index (κ1) is 15.3. The molecular formula is C15H21N3O3. The predicted molar refractivity (Wildman–Crippen MR) is 79.3 cm³/mol. The summed E-state index contributed by atoms with van der Waals surface area (Å²) < 4.78 is 0. The molecule has 0 spiro atoms. The van der Waals surface area contributed by atoms with E-state index in [1.165, 1.54) is 0 Å². The molecule has 4 N–H and O–H groups in total. The SMILES string of the molecule is CC(CCC(=O)O)CNc1nc2c(cc1C(N)=O)CCC2. The second-order valence-electron chi connectivity index (χ2n) is 5.63. The van der Waals surface area contributed by atoms with E-state index >= 15 is 0 Å². The van der Waals surface area contributed by atoms with Crippen LogP contribution < -0.4 is 11.1 Å². The monoisotopic (exact) mass is 291 g/mol. The molecule has 0 aromatic carbocycles. The number of aryl methyl sites for hydroxylation is 2. The fourth-order valence-corrected chi connectivity index (χ4v) is 2.54. The number of hydrogen-bond donors (Lipinski definition) is 3. The van der Waals surface area contributed by atoms with Gasteiger partial charge >= 0.3 is 5.97 Å². The minimum absolute atomic E-state index is 0.142. The zero-order chi connectivity index (χ0) is 15.4. The van der Waals surface area contributed by atoms with Crippen LogP contribution in [0.4, 0.5) is 5.82 Å². The van der Waals surface area contributed by atoms with Crippen molar-refractivity contribution in [2.75, 3.05) is 11.9 Å². The van der Waals surface area contributed by atoms with Gasteiger partial charge in [-0.05, 0) is 43.2 Å². The Morgan fingerprint density at radius 3 is 2.90 bits per heavy atom. The normalized spacial score (nSPS) is 14.5. The van der Waals surface area contributed by atoms with E-state index in [1.807, 2.05) is 13.0 Å². The highest BCUT2D eigenvalue weighted by Crippen LogP contribution is 2.25. The lowest BCUT2D eigenvalue weighted by Crippen LogP contribution is -2.19. The molecule has 0 radical (unpaired) electrons. The number of rotatable bonds is 7. The molecule has 1 amide bonds. The van der Waals surface area contributed by atoms with Gasteiger partial charge in [0.05, 0.1) is 5.56 Å². The number of carbonyl (C=O) groups excluding carboxylic acids is 1. The summed E-state index contributed by atoms with van der Waals surface area (Å²) in [5, 5.41) is 11.8. The predicted octanol–water partition coefficient (Wildman–Crippen LogP) is 1.58. The molecule has 1 aliphatic carbocycles. The lowest BCUT2D eigenvalue weighted by Gasteiger charge is -2.15. The fraction of sp³-hybridized carbons (Fsp3) is 0.533. The summed E-state index contributed by atoms with van der Waals surface area (Å²) >= 11 is 0. The van der Waals surface area contributed by atoms with Gasteiger partial charge in [0.2, 0.25) is 0 Å². The molecule has 0 saturated carbocycles. The Morgan fingerprint density at radius 1 is 1.48 bits per heavy atom. The van der Waals surface area contributed by atoms with Crippen molar-refractivity contribution in [2.45, 2.75) is 39.0 Å². The van der Waals surface area contributed by atoms with Gasteiger partial charge in [-0.3, -0.25) is 9.59 Å². The number of carboxylic acids is 1. The number of carboxylic acid groups (broad SMARTS) is 1. The van der Waals surface area contributed by atoms with E-state index in [9.17, 15) is 9.59 Å². The Hall–Kier alpha value is -2.11. The van der Waals surface area contributed by atoms with Crippen molar-refractivity contribution in [1.29, 1.82) is 0 Å². The summed E-state index contributed by atoms with van der Waals surface area (Å²) in [6.45, 7) is 2.53. The van der Waals surface area contributed by atoms with Gasteiger partial charge < -0.3 is 16.2 Å². The van der Waals surface area contributed by atoms with Crippen LogP contribution in [0.15, 0.2) is 6.07 Å². The molecule has 114 valence electrons. The first-order valence-corrected chi connectivity index (χ1v) is 7.25. The summed E-state index contributed by atoms with van der Waals surface area (Å²) in [6, 6.07) is 1.84. The smallest absolute Gasteiger partial charge is 0.303 e. The van der Waals surface area contributed by atoms with Crippen LogP contribution in [0, 0.1) is 5.92 Å². The summed E-state index contributed by atoms with van der Waals surface area (Å²) in [5.41, 5.74) is 7.97. The number of anilines is 1. The highest BCUT2D eigenvalue weighted by molar-refractivity contribution is 5.97. The van der Waals surface area contributed by atoms with Crippen molar-refractivity contribution in [2.24, 2.45) is 11.7 Å². The van der Waals surface area contributed by atoms with E-state index in [0.29, 0.717) is 24.3 Å². The molecule has 0 saturated heterocycles. The lowest BCUT2D eigenvalue weighted by molar-refractivity contribution is -0.137. The highest BCUT2D eigenvalue weighted by atomic mass is 16.4. The number of nitrogens with one attached hydrogen (secondary N) is 1. The van der Waals surface area contributed by atoms with Crippen molar-refractivity contribution in [1.82, 2.24) is 4.98 Å². The number of primary amides is 1. The molecule has 1 aliphatic rings. The Balaban J connectivity index is 2.05. The van der Waals surface area contributed by atoms with Crippen molar-refractivity contribution < 1.29 is 14.7 Å². The van der Waals surface area contributed by atoms with Crippen LogP contribution in [0.1, 0.15) is 47.8 Å². The summed E-state index contributed by atoms with van der Waals surface area (Å²) in [5.74, 6) is -0.588. The molecule has 2 rings (SSSR count). The van der Waals surface area contributed by atoms with Gasteiger partial charge in [0.25, 0.3) is 5.91 Å². The van der Waals surface area contributed by atoms with E-state index in [-0.39, 0.29) is 12.3 Å². The zero-order valence-electron chi connectivity index (χ0n) is 12.2. The Labute approximate surface area is 123 Å². The molecule has 0 aliphatic heterocycles. The van der Waals surface area contributed by atoms with Crippen LogP contribution in [0.5, 0.6) is 0 Å². The minimum Gasteiger partial charge on any atom is -0.481 e. The maximum Gasteiger partial charge on any atom is 0.303 e. The molecule has 1 aromatic heterocycles. The number of hydrogen-bond acceptors (Lipinski definition) is 4. The average molecular weight is 291 g/mol. The third kappa shape index (κ3) is 3.93. The van der Waals surface area contributed by atoms with E-state index in [4.69, 9.17) is 10.8 Å².